The number of nitrogens with zero attached hydrogens (tertiary/aromatic N) is 1. The van der Waals surface area contributed by atoms with Crippen LogP contribution in [-0.2, 0) is 17.8 Å². The third-order valence-electron chi connectivity index (χ3n) is 3.95. The fourth-order valence-corrected chi connectivity index (χ4v) is 3.50. The summed E-state index contributed by atoms with van der Waals surface area (Å²) in [6, 6.07) is 13.8. The minimum absolute atomic E-state index is 0.0809. The number of hydrogen-bond donors (Lipinski definition) is 1. The van der Waals surface area contributed by atoms with Crippen LogP contribution in [0.15, 0.2) is 53.9 Å². The molecular weight excluding hydrogens is 398 g/mol. The molecule has 3 aromatic rings. The van der Waals surface area contributed by atoms with Gasteiger partial charge in [0.25, 0.3) is 0 Å². The minimum Gasteiger partial charge on any atom is -0.493 e. The number of carbonyl (C=O) groups is 1. The molecule has 0 radical (unpaired) electrons. The highest BCUT2D eigenvalue weighted by atomic mass is 32.1. The van der Waals surface area contributed by atoms with Gasteiger partial charge in [-0.05, 0) is 36.8 Å². The van der Waals surface area contributed by atoms with Gasteiger partial charge in [0.05, 0.1) is 24.3 Å². The molecule has 1 N–H and O–H groups in total. The fraction of sp³-hybridized carbons (Fsp3) is 0.238. The Morgan fingerprint density at radius 2 is 1.93 bits per heavy atom. The van der Waals surface area contributed by atoms with Gasteiger partial charge >= 0.3 is 6.61 Å². The summed E-state index contributed by atoms with van der Waals surface area (Å²) in [5, 5.41) is 5.45. The van der Waals surface area contributed by atoms with Gasteiger partial charge in [-0.15, -0.1) is 11.3 Å². The van der Waals surface area contributed by atoms with E-state index in [-0.39, 0.29) is 24.6 Å². The molecule has 8 heteroatoms. The number of halogens is 2. The molecule has 1 aromatic heterocycles. The number of carbonyl (C=O) groups excluding carboxylic acids is 1. The zero-order valence-corrected chi connectivity index (χ0v) is 16.5. The van der Waals surface area contributed by atoms with E-state index in [9.17, 15) is 13.6 Å². The molecule has 0 saturated carbocycles. The summed E-state index contributed by atoms with van der Waals surface area (Å²) in [6.45, 7) is -0.0809. The summed E-state index contributed by atoms with van der Waals surface area (Å²) >= 11 is 1.46. The number of hydrogen-bond acceptors (Lipinski definition) is 5. The van der Waals surface area contributed by atoms with Gasteiger partial charge in [0.1, 0.15) is 16.5 Å². The van der Waals surface area contributed by atoms with Crippen LogP contribution in [0.2, 0.25) is 0 Å². The van der Waals surface area contributed by atoms with E-state index in [1.54, 1.807) is 12.1 Å². The van der Waals surface area contributed by atoms with Crippen LogP contribution < -0.4 is 14.8 Å². The van der Waals surface area contributed by atoms with Gasteiger partial charge in [0.15, 0.2) is 0 Å². The Balaban J connectivity index is 1.55. The van der Waals surface area contributed by atoms with E-state index in [2.05, 4.69) is 15.0 Å². The molecule has 0 bridgehead atoms. The molecule has 29 heavy (non-hydrogen) atoms. The van der Waals surface area contributed by atoms with E-state index >= 15 is 0 Å². The van der Waals surface area contributed by atoms with Crippen molar-refractivity contribution in [1.29, 1.82) is 0 Å². The van der Waals surface area contributed by atoms with Crippen LogP contribution in [0.4, 0.5) is 8.78 Å². The molecule has 2 aromatic carbocycles. The molecule has 5 nitrogen and oxygen atoms in total. The number of alkyl halides is 2. The van der Waals surface area contributed by atoms with Gasteiger partial charge in [-0.25, -0.2) is 4.98 Å². The van der Waals surface area contributed by atoms with E-state index < -0.39 is 6.61 Å². The standard InChI is InChI=1S/C21H20F2N2O3S/c1-2-27-18-6-4-3-5-17(18)20-25-15(13-29-20)11-19(26)24-12-14-7-9-16(10-8-14)28-21(22)23/h3-10,13,21H,2,11-12H2,1H3,(H,24,26). The number of ether oxygens (including phenoxy) is 2. The second-order valence-electron chi connectivity index (χ2n) is 6.05. The van der Waals surface area contributed by atoms with E-state index in [1.807, 2.05) is 36.6 Å². The molecule has 0 spiro atoms. The summed E-state index contributed by atoms with van der Waals surface area (Å²) in [5.41, 5.74) is 2.36. The van der Waals surface area contributed by atoms with Crippen molar-refractivity contribution >= 4 is 17.2 Å². The molecule has 1 amide bonds. The summed E-state index contributed by atoms with van der Waals surface area (Å²) in [5.74, 6) is 0.671. The summed E-state index contributed by atoms with van der Waals surface area (Å²) in [4.78, 5) is 16.8. The van der Waals surface area contributed by atoms with Crippen molar-refractivity contribution in [3.05, 3.63) is 65.2 Å². The Labute approximate surface area is 171 Å². The Morgan fingerprint density at radius 3 is 2.66 bits per heavy atom. The molecule has 0 aliphatic rings. The normalized spacial score (nSPS) is 10.8. The maximum atomic E-state index is 12.2. The van der Waals surface area contributed by atoms with E-state index in [1.165, 1.54) is 23.5 Å². The van der Waals surface area contributed by atoms with Crippen LogP contribution in [0.3, 0.4) is 0 Å². The average molecular weight is 418 g/mol. The third-order valence-corrected chi connectivity index (χ3v) is 4.87. The molecule has 3 rings (SSSR count). The van der Waals surface area contributed by atoms with E-state index in [0.29, 0.717) is 12.3 Å². The van der Waals surface area contributed by atoms with E-state index in [4.69, 9.17) is 4.74 Å². The van der Waals surface area contributed by atoms with Crippen LogP contribution in [0, 0.1) is 0 Å². The van der Waals surface area contributed by atoms with Crippen molar-refractivity contribution in [2.75, 3.05) is 6.61 Å². The number of nitrogens with one attached hydrogen (secondary N) is 1. The number of para-hydroxylation sites is 1. The lowest BCUT2D eigenvalue weighted by Crippen LogP contribution is -2.24. The predicted molar refractivity (Wildman–Crippen MR) is 107 cm³/mol. The zero-order valence-electron chi connectivity index (χ0n) is 15.7. The van der Waals surface area contributed by atoms with Crippen molar-refractivity contribution in [1.82, 2.24) is 10.3 Å². The Morgan fingerprint density at radius 1 is 1.17 bits per heavy atom. The van der Waals surface area contributed by atoms with Gasteiger partial charge < -0.3 is 14.8 Å². The van der Waals surface area contributed by atoms with Gasteiger partial charge in [-0.1, -0.05) is 24.3 Å². The second kappa shape index (κ2) is 9.97. The van der Waals surface area contributed by atoms with Crippen LogP contribution in [-0.4, -0.2) is 24.1 Å². The van der Waals surface area contributed by atoms with Gasteiger partial charge in [-0.3, -0.25) is 4.79 Å². The molecule has 1 heterocycles. The number of benzene rings is 2. The first-order valence-electron chi connectivity index (χ1n) is 9.02. The van der Waals surface area contributed by atoms with Crippen molar-refractivity contribution in [3.8, 4) is 22.1 Å². The first-order valence-corrected chi connectivity index (χ1v) is 9.90. The molecule has 0 aliphatic carbocycles. The van der Waals surface area contributed by atoms with Crippen molar-refractivity contribution < 1.29 is 23.0 Å². The minimum atomic E-state index is -2.86. The molecular formula is C21H20F2N2O3S. The molecule has 0 unspecified atom stereocenters. The fourth-order valence-electron chi connectivity index (χ4n) is 2.65. The van der Waals surface area contributed by atoms with Crippen molar-refractivity contribution in [2.24, 2.45) is 0 Å². The predicted octanol–water partition coefficient (Wildman–Crippen LogP) is 4.67. The average Bonchev–Trinajstić information content (AvgIpc) is 3.16. The molecule has 0 fully saturated rings. The second-order valence-corrected chi connectivity index (χ2v) is 6.91. The lowest BCUT2D eigenvalue weighted by molar-refractivity contribution is -0.120. The number of rotatable bonds is 9. The van der Waals surface area contributed by atoms with Gasteiger partial charge in [0.2, 0.25) is 5.91 Å². The van der Waals surface area contributed by atoms with Crippen molar-refractivity contribution in [3.63, 3.8) is 0 Å². The first-order chi connectivity index (χ1) is 14.0. The van der Waals surface area contributed by atoms with Crippen LogP contribution in [0.1, 0.15) is 18.2 Å². The first kappa shape index (κ1) is 20.7. The SMILES string of the molecule is CCOc1ccccc1-c1nc(CC(=O)NCc2ccc(OC(F)F)cc2)cs1. The number of amides is 1. The quantitative estimate of drug-likeness (QED) is 0.549. The van der Waals surface area contributed by atoms with Gasteiger partial charge in [-0.2, -0.15) is 8.78 Å². The molecule has 0 saturated heterocycles. The smallest absolute Gasteiger partial charge is 0.387 e. The van der Waals surface area contributed by atoms with Crippen LogP contribution in [0.25, 0.3) is 10.6 Å². The highest BCUT2D eigenvalue weighted by molar-refractivity contribution is 7.13. The largest absolute Gasteiger partial charge is 0.493 e. The highest BCUT2D eigenvalue weighted by Gasteiger charge is 2.12. The lowest BCUT2D eigenvalue weighted by Gasteiger charge is -2.07. The van der Waals surface area contributed by atoms with E-state index in [0.717, 1.165) is 21.9 Å². The molecule has 0 atom stereocenters. The summed E-state index contributed by atoms with van der Waals surface area (Å²) in [6.07, 6.45) is 0.153. The Hall–Kier alpha value is -3.00. The van der Waals surface area contributed by atoms with Crippen LogP contribution >= 0.6 is 11.3 Å². The third kappa shape index (κ3) is 5.99. The molecule has 0 aliphatic heterocycles. The number of thiazole rings is 1. The van der Waals surface area contributed by atoms with Crippen molar-refractivity contribution in [2.45, 2.75) is 26.5 Å². The topological polar surface area (TPSA) is 60.5 Å². The Bertz CT molecular complexity index is 945. The number of aromatic nitrogens is 1. The maximum absolute atomic E-state index is 12.2. The highest BCUT2D eigenvalue weighted by Crippen LogP contribution is 2.32. The maximum Gasteiger partial charge on any atom is 0.387 e. The molecule has 152 valence electrons. The lowest BCUT2D eigenvalue weighted by atomic mass is 10.2. The summed E-state index contributed by atoms with van der Waals surface area (Å²) in [7, 11) is 0. The Kier molecular flexibility index (Phi) is 7.13. The van der Waals surface area contributed by atoms with Gasteiger partial charge in [0, 0.05) is 11.9 Å². The summed E-state index contributed by atoms with van der Waals surface area (Å²) < 4.78 is 34.3. The zero-order chi connectivity index (χ0) is 20.6. The monoisotopic (exact) mass is 418 g/mol. The van der Waals surface area contributed by atoms with Crippen LogP contribution in [0.5, 0.6) is 11.5 Å².